The zero-order valence-corrected chi connectivity index (χ0v) is 30.9. The Kier molecular flexibility index (Phi) is 10.2. The van der Waals surface area contributed by atoms with E-state index in [0.717, 1.165) is 66.8 Å². The van der Waals surface area contributed by atoms with Gasteiger partial charge in [-0.2, -0.15) is 21.0 Å². The highest BCUT2D eigenvalue weighted by molar-refractivity contribution is 5.97. The maximum atomic E-state index is 10.6. The fraction of sp³-hybridized carbons (Fsp3) is 0.0980. The fourth-order valence-corrected chi connectivity index (χ4v) is 8.01. The van der Waals surface area contributed by atoms with Gasteiger partial charge in [-0.15, -0.1) is 0 Å². The Morgan fingerprint density at radius 3 is 1.36 bits per heavy atom. The van der Waals surface area contributed by atoms with Crippen LogP contribution in [0.25, 0.3) is 44.5 Å². The first-order chi connectivity index (χ1) is 27.0. The van der Waals surface area contributed by atoms with Gasteiger partial charge >= 0.3 is 0 Å². The largest absolute Gasteiger partial charge is 0.192 e. The van der Waals surface area contributed by atoms with Gasteiger partial charge in [0.05, 0.1) is 46.5 Å². The summed E-state index contributed by atoms with van der Waals surface area (Å²) in [6.45, 7) is 6.13. The Balaban J connectivity index is 0.00000229. The third kappa shape index (κ3) is 6.45. The molecular formula is C51H36N4. The van der Waals surface area contributed by atoms with E-state index in [1.807, 2.05) is 50.2 Å². The van der Waals surface area contributed by atoms with Crippen molar-refractivity contribution < 1.29 is 0 Å². The number of nitriles is 4. The summed E-state index contributed by atoms with van der Waals surface area (Å²) in [5, 5.41) is 40.9. The molecule has 2 atom stereocenters. The Hall–Kier alpha value is -7.50. The van der Waals surface area contributed by atoms with Crippen LogP contribution in [0.2, 0.25) is 0 Å². The normalized spacial score (nSPS) is 13.7. The predicted octanol–water partition coefficient (Wildman–Crippen LogP) is 12.5. The number of rotatable bonds is 5. The molecular weight excluding hydrogens is 669 g/mol. The number of benzene rings is 7. The molecule has 0 radical (unpaired) electrons. The molecule has 0 spiro atoms. The summed E-state index contributed by atoms with van der Waals surface area (Å²) in [6.07, 6.45) is 0. The minimum Gasteiger partial charge on any atom is -0.192 e. The van der Waals surface area contributed by atoms with Crippen LogP contribution in [0.3, 0.4) is 0 Å². The molecule has 0 saturated carbocycles. The Morgan fingerprint density at radius 2 is 0.855 bits per heavy atom. The van der Waals surface area contributed by atoms with Gasteiger partial charge in [0.1, 0.15) is 0 Å². The number of hydrogen-bond acceptors (Lipinski definition) is 4. The van der Waals surface area contributed by atoms with Crippen LogP contribution in [0.15, 0.2) is 152 Å². The minimum atomic E-state index is -0.512. The van der Waals surface area contributed by atoms with E-state index >= 15 is 0 Å². The van der Waals surface area contributed by atoms with Crippen LogP contribution < -0.4 is 0 Å². The van der Waals surface area contributed by atoms with Gasteiger partial charge in [0, 0.05) is 11.8 Å². The van der Waals surface area contributed by atoms with Crippen LogP contribution >= 0.6 is 0 Å². The van der Waals surface area contributed by atoms with E-state index in [1.54, 1.807) is 18.2 Å². The molecule has 0 aromatic heterocycles. The van der Waals surface area contributed by atoms with Gasteiger partial charge in [0.25, 0.3) is 0 Å². The summed E-state index contributed by atoms with van der Waals surface area (Å²) in [7, 11) is 0. The van der Waals surface area contributed by atoms with Crippen molar-refractivity contribution in [1.29, 1.82) is 21.0 Å². The molecule has 0 N–H and O–H groups in total. The smallest absolute Gasteiger partial charge is 0.0995 e. The first-order valence-electron chi connectivity index (χ1n) is 18.4. The summed E-state index contributed by atoms with van der Waals surface area (Å²) < 4.78 is 0. The van der Waals surface area contributed by atoms with Gasteiger partial charge in [-0.1, -0.05) is 136 Å². The van der Waals surface area contributed by atoms with Gasteiger partial charge in [0.2, 0.25) is 0 Å². The third-order valence-corrected chi connectivity index (χ3v) is 10.4. The lowest BCUT2D eigenvalue weighted by molar-refractivity contribution is 0.790. The molecule has 4 heteroatoms. The monoisotopic (exact) mass is 704 g/mol. The molecule has 0 bridgehead atoms. The molecule has 0 fully saturated rings. The highest BCUT2D eigenvalue weighted by Crippen LogP contribution is 2.52. The molecule has 4 nitrogen and oxygen atoms in total. The molecule has 7 aromatic rings. The van der Waals surface area contributed by atoms with Crippen molar-refractivity contribution in [2.24, 2.45) is 0 Å². The summed E-state index contributed by atoms with van der Waals surface area (Å²) in [5.41, 5.74) is 14.6. The van der Waals surface area contributed by atoms with Crippen molar-refractivity contribution in [3.8, 4) is 68.8 Å². The number of fused-ring (bicyclic) bond motifs is 2. The summed E-state index contributed by atoms with van der Waals surface area (Å²) in [5.74, 6) is -0.691. The van der Waals surface area contributed by atoms with Gasteiger partial charge in [-0.25, -0.2) is 0 Å². The van der Waals surface area contributed by atoms with E-state index in [1.165, 1.54) is 0 Å². The molecule has 55 heavy (non-hydrogen) atoms. The van der Waals surface area contributed by atoms with E-state index in [-0.39, 0.29) is 5.92 Å². The first-order valence-corrected chi connectivity index (χ1v) is 18.4. The van der Waals surface area contributed by atoms with Gasteiger partial charge < -0.3 is 0 Å². The van der Waals surface area contributed by atoms with Crippen LogP contribution in [-0.4, -0.2) is 0 Å². The van der Waals surface area contributed by atoms with E-state index in [9.17, 15) is 21.0 Å². The van der Waals surface area contributed by atoms with Crippen LogP contribution in [0.1, 0.15) is 82.7 Å². The van der Waals surface area contributed by atoms with Gasteiger partial charge in [-0.05, 0) is 109 Å². The number of hydrogen-bond donors (Lipinski definition) is 0. The van der Waals surface area contributed by atoms with Crippen molar-refractivity contribution in [2.75, 3.05) is 0 Å². The zero-order chi connectivity index (χ0) is 38.5. The van der Waals surface area contributed by atoms with Crippen LogP contribution in [0.5, 0.6) is 0 Å². The lowest BCUT2D eigenvalue weighted by Gasteiger charge is -2.36. The second-order valence-corrected chi connectivity index (χ2v) is 13.3. The standard InChI is InChI=1S/C49H30N4.C2H6/c1-31-43-25-45(41-18-10-8-16-38(41)34-12-4-2-5-13-34)46(42-19-11-9-17-39(42)35-14-6-3-7-15-35)26-47(43)49(40-21-20-32(27-50)22-36(40)29-52)48-37(30-53)23-33(28-51)24-44(31)48;1-2/h2-26,31,49H,1H3;1-2H3. The van der Waals surface area contributed by atoms with E-state index < -0.39 is 5.92 Å². The van der Waals surface area contributed by atoms with Crippen molar-refractivity contribution in [1.82, 2.24) is 0 Å². The minimum absolute atomic E-state index is 0.179. The molecule has 0 saturated heterocycles. The first kappa shape index (κ1) is 35.9. The Labute approximate surface area is 323 Å². The Bertz CT molecular complexity index is 2740. The topological polar surface area (TPSA) is 95.2 Å². The molecule has 2 unspecified atom stereocenters. The summed E-state index contributed by atoms with van der Waals surface area (Å²) in [4.78, 5) is 0. The lowest BCUT2D eigenvalue weighted by Crippen LogP contribution is -2.21. The Morgan fingerprint density at radius 1 is 0.382 bits per heavy atom. The van der Waals surface area contributed by atoms with Crippen LogP contribution in [0, 0.1) is 45.3 Å². The van der Waals surface area contributed by atoms with E-state index in [2.05, 4.69) is 128 Å². The zero-order valence-electron chi connectivity index (χ0n) is 30.9. The maximum absolute atomic E-state index is 10.6. The second kappa shape index (κ2) is 15.6. The molecule has 1 aliphatic carbocycles. The maximum Gasteiger partial charge on any atom is 0.0995 e. The van der Waals surface area contributed by atoms with Crippen molar-refractivity contribution >= 4 is 0 Å². The van der Waals surface area contributed by atoms with Crippen molar-refractivity contribution in [3.05, 3.63) is 202 Å². The molecule has 0 amide bonds. The van der Waals surface area contributed by atoms with Crippen molar-refractivity contribution in [2.45, 2.75) is 32.6 Å². The summed E-state index contributed by atoms with van der Waals surface area (Å²) in [6, 6.07) is 60.1. The molecule has 0 aliphatic heterocycles. The molecule has 260 valence electrons. The predicted molar refractivity (Wildman–Crippen MR) is 220 cm³/mol. The average Bonchev–Trinajstić information content (AvgIpc) is 3.27. The number of nitrogens with zero attached hydrogens (tertiary/aromatic N) is 4. The average molecular weight is 705 g/mol. The highest BCUT2D eigenvalue weighted by Gasteiger charge is 2.36. The quantitative estimate of drug-likeness (QED) is 0.178. The molecule has 0 heterocycles. The lowest BCUT2D eigenvalue weighted by atomic mass is 9.67. The highest BCUT2D eigenvalue weighted by atomic mass is 14.4. The van der Waals surface area contributed by atoms with Crippen LogP contribution in [-0.2, 0) is 0 Å². The van der Waals surface area contributed by atoms with E-state index in [4.69, 9.17) is 0 Å². The molecule has 7 aromatic carbocycles. The van der Waals surface area contributed by atoms with E-state index in [0.29, 0.717) is 27.8 Å². The fourth-order valence-electron chi connectivity index (χ4n) is 8.01. The van der Waals surface area contributed by atoms with Crippen LogP contribution in [0.4, 0.5) is 0 Å². The third-order valence-electron chi connectivity index (χ3n) is 10.4. The van der Waals surface area contributed by atoms with Gasteiger partial charge in [-0.3, -0.25) is 0 Å². The van der Waals surface area contributed by atoms with Crippen molar-refractivity contribution in [3.63, 3.8) is 0 Å². The summed E-state index contributed by atoms with van der Waals surface area (Å²) >= 11 is 0. The second-order valence-electron chi connectivity index (χ2n) is 13.3. The van der Waals surface area contributed by atoms with Gasteiger partial charge in [0.15, 0.2) is 0 Å². The molecule has 8 rings (SSSR count). The SMILES string of the molecule is CC.CC1c2cc(-c3ccccc3-c3ccccc3)c(-c3ccccc3-c3ccccc3)cc2C(c2ccc(C#N)cc2C#N)c2c(C#N)cc(C#N)cc21. The molecule has 1 aliphatic rings.